The number of imidazole rings is 1. The first-order valence-electron chi connectivity index (χ1n) is 11.5. The largest absolute Gasteiger partial charge is 0.346 e. The summed E-state index contributed by atoms with van der Waals surface area (Å²) in [7, 11) is 0. The van der Waals surface area contributed by atoms with E-state index in [2.05, 4.69) is 55.8 Å². The first-order chi connectivity index (χ1) is 15.0. The molecule has 1 atom stereocenters. The van der Waals surface area contributed by atoms with Crippen LogP contribution in [0.15, 0.2) is 53.4 Å². The molecule has 4 nitrogen and oxygen atoms in total. The van der Waals surface area contributed by atoms with Crippen molar-refractivity contribution >= 4 is 28.7 Å². The first kappa shape index (κ1) is 23.4. The second-order valence-electron chi connectivity index (χ2n) is 8.43. The predicted molar refractivity (Wildman–Crippen MR) is 132 cm³/mol. The Morgan fingerprint density at radius 1 is 1.10 bits per heavy atom. The van der Waals surface area contributed by atoms with Crippen LogP contribution in [-0.2, 0) is 17.8 Å². The summed E-state index contributed by atoms with van der Waals surface area (Å²) in [6.45, 7) is 9.63. The molecule has 0 aliphatic rings. The summed E-state index contributed by atoms with van der Waals surface area (Å²) in [5.74, 6) is 2.36. The summed E-state index contributed by atoms with van der Waals surface area (Å²) >= 11 is 1.88. The number of thioether (sulfide) groups is 1. The normalized spacial score (nSPS) is 12.4. The van der Waals surface area contributed by atoms with Crippen molar-refractivity contribution in [2.45, 2.75) is 70.9 Å². The number of unbranched alkanes of at least 4 members (excludes halogenated alkanes) is 1. The fraction of sp³-hybridized carbons (Fsp3) is 0.462. The van der Waals surface area contributed by atoms with E-state index in [9.17, 15) is 4.79 Å². The summed E-state index contributed by atoms with van der Waals surface area (Å²) in [4.78, 5) is 19.2. The van der Waals surface area contributed by atoms with Crippen LogP contribution in [0.2, 0.25) is 0 Å². The van der Waals surface area contributed by atoms with Gasteiger partial charge in [-0.15, -0.1) is 11.8 Å². The molecule has 0 bridgehead atoms. The van der Waals surface area contributed by atoms with Crippen LogP contribution in [0.5, 0.6) is 0 Å². The average molecular weight is 438 g/mol. The zero-order chi connectivity index (χ0) is 22.2. The Hall–Kier alpha value is -2.27. The average Bonchev–Trinajstić information content (AvgIpc) is 3.12. The smallest absolute Gasteiger partial charge is 0.225 e. The third-order valence-electron chi connectivity index (χ3n) is 5.43. The molecule has 0 spiro atoms. The van der Waals surface area contributed by atoms with Crippen LogP contribution in [0, 0.1) is 5.92 Å². The second-order valence-corrected chi connectivity index (χ2v) is 9.59. The topological polar surface area (TPSA) is 46.9 Å². The van der Waals surface area contributed by atoms with Crippen molar-refractivity contribution in [1.82, 2.24) is 14.9 Å². The van der Waals surface area contributed by atoms with Crippen LogP contribution >= 0.6 is 11.8 Å². The number of aryl methyl sites for hydroxylation is 1. The van der Waals surface area contributed by atoms with Crippen molar-refractivity contribution in [1.29, 1.82) is 0 Å². The van der Waals surface area contributed by atoms with Gasteiger partial charge in [-0.05, 0) is 48.3 Å². The number of nitrogens with zero attached hydrogens (tertiary/aromatic N) is 2. The Labute approximate surface area is 190 Å². The molecule has 0 aliphatic heterocycles. The number of carbonyl (C=O) groups excluding carboxylic acids is 1. The number of hydrogen-bond donors (Lipinski definition) is 1. The summed E-state index contributed by atoms with van der Waals surface area (Å²) < 4.78 is 2.32. The Morgan fingerprint density at radius 3 is 2.55 bits per heavy atom. The first-order valence-corrected chi connectivity index (χ1v) is 12.5. The number of nitrogens with one attached hydrogen (secondary N) is 1. The molecule has 0 aliphatic carbocycles. The molecule has 0 radical (unpaired) electrons. The van der Waals surface area contributed by atoms with Gasteiger partial charge in [0.25, 0.3) is 0 Å². The Morgan fingerprint density at radius 2 is 1.87 bits per heavy atom. The van der Waals surface area contributed by atoms with Crippen molar-refractivity contribution in [2.75, 3.05) is 5.75 Å². The van der Waals surface area contributed by atoms with Gasteiger partial charge in [0.2, 0.25) is 5.91 Å². The summed E-state index contributed by atoms with van der Waals surface area (Å²) in [6, 6.07) is 16.4. The lowest BCUT2D eigenvalue weighted by atomic mass is 10.0. The van der Waals surface area contributed by atoms with E-state index in [1.165, 1.54) is 4.90 Å². The number of benzene rings is 2. The minimum Gasteiger partial charge on any atom is -0.346 e. The molecular weight excluding hydrogens is 402 g/mol. The number of fused-ring (bicyclic) bond motifs is 1. The molecule has 5 heteroatoms. The van der Waals surface area contributed by atoms with Crippen LogP contribution in [-0.4, -0.2) is 21.2 Å². The lowest BCUT2D eigenvalue weighted by molar-refractivity contribution is -0.121. The van der Waals surface area contributed by atoms with Gasteiger partial charge >= 0.3 is 0 Å². The molecule has 2 aromatic carbocycles. The van der Waals surface area contributed by atoms with E-state index in [4.69, 9.17) is 4.98 Å². The van der Waals surface area contributed by atoms with Gasteiger partial charge in [-0.1, -0.05) is 64.4 Å². The second kappa shape index (κ2) is 11.4. The molecule has 0 saturated carbocycles. The number of amides is 1. The third-order valence-corrected chi connectivity index (χ3v) is 6.63. The van der Waals surface area contributed by atoms with Gasteiger partial charge in [0, 0.05) is 11.4 Å². The van der Waals surface area contributed by atoms with Crippen molar-refractivity contribution in [2.24, 2.45) is 5.92 Å². The molecular formula is C26H35N3OS. The van der Waals surface area contributed by atoms with E-state index in [1.54, 1.807) is 0 Å². The third kappa shape index (κ3) is 6.13. The Bertz CT molecular complexity index is 981. The van der Waals surface area contributed by atoms with E-state index in [1.807, 2.05) is 42.1 Å². The van der Waals surface area contributed by atoms with Gasteiger partial charge in [0.1, 0.15) is 5.82 Å². The standard InChI is InChI=1S/C26H35N3OS/c1-5-7-15-29-23-14-13-21(31-16-6-2)18-22(23)27-26(29)25(19(3)4)28-24(30)17-20-11-9-8-10-12-20/h8-14,18-19,25H,5-7,15-17H2,1-4H3,(H,28,30). The maximum atomic E-state index is 12.9. The minimum absolute atomic E-state index is 0.0400. The van der Waals surface area contributed by atoms with E-state index in [0.717, 1.165) is 54.0 Å². The van der Waals surface area contributed by atoms with Crippen LogP contribution in [0.3, 0.4) is 0 Å². The van der Waals surface area contributed by atoms with E-state index in [0.29, 0.717) is 6.42 Å². The quantitative estimate of drug-likeness (QED) is 0.353. The van der Waals surface area contributed by atoms with E-state index in [-0.39, 0.29) is 17.9 Å². The van der Waals surface area contributed by atoms with Gasteiger partial charge in [0.15, 0.2) is 0 Å². The lowest BCUT2D eigenvalue weighted by Crippen LogP contribution is -2.34. The molecule has 0 saturated heterocycles. The molecule has 0 fully saturated rings. The van der Waals surface area contributed by atoms with Crippen molar-refractivity contribution in [3.05, 3.63) is 59.9 Å². The monoisotopic (exact) mass is 437 g/mol. The molecule has 3 rings (SSSR count). The summed E-state index contributed by atoms with van der Waals surface area (Å²) in [5, 5.41) is 3.28. The highest BCUT2D eigenvalue weighted by atomic mass is 32.2. The molecule has 166 valence electrons. The van der Waals surface area contributed by atoms with Crippen LogP contribution in [0.1, 0.15) is 64.4 Å². The van der Waals surface area contributed by atoms with Gasteiger partial charge in [-0.25, -0.2) is 4.98 Å². The number of carbonyl (C=O) groups is 1. The SMILES string of the molecule is CCCCn1c(C(NC(=O)Cc2ccccc2)C(C)C)nc2cc(SCCC)ccc21. The van der Waals surface area contributed by atoms with Crippen molar-refractivity contribution in [3.8, 4) is 0 Å². The summed E-state index contributed by atoms with van der Waals surface area (Å²) in [6.07, 6.45) is 3.75. The molecule has 1 unspecified atom stereocenters. The van der Waals surface area contributed by atoms with Crippen LogP contribution in [0.4, 0.5) is 0 Å². The fourth-order valence-electron chi connectivity index (χ4n) is 3.76. The van der Waals surface area contributed by atoms with Crippen molar-refractivity contribution in [3.63, 3.8) is 0 Å². The van der Waals surface area contributed by atoms with Gasteiger partial charge in [0.05, 0.1) is 23.5 Å². The van der Waals surface area contributed by atoms with Crippen molar-refractivity contribution < 1.29 is 4.79 Å². The zero-order valence-electron chi connectivity index (χ0n) is 19.2. The highest BCUT2D eigenvalue weighted by molar-refractivity contribution is 7.99. The molecule has 1 aromatic heterocycles. The number of rotatable bonds is 11. The molecule has 31 heavy (non-hydrogen) atoms. The zero-order valence-corrected chi connectivity index (χ0v) is 20.0. The molecule has 3 aromatic rings. The predicted octanol–water partition coefficient (Wildman–Crippen LogP) is 6.39. The summed E-state index contributed by atoms with van der Waals surface area (Å²) in [5.41, 5.74) is 3.21. The van der Waals surface area contributed by atoms with Gasteiger partial charge in [-0.3, -0.25) is 4.79 Å². The Balaban J connectivity index is 1.92. The number of hydrogen-bond acceptors (Lipinski definition) is 3. The Kier molecular flexibility index (Phi) is 8.59. The molecule has 1 amide bonds. The lowest BCUT2D eigenvalue weighted by Gasteiger charge is -2.23. The maximum absolute atomic E-state index is 12.9. The molecule has 1 N–H and O–H groups in total. The number of aromatic nitrogens is 2. The van der Waals surface area contributed by atoms with Gasteiger partial charge in [-0.2, -0.15) is 0 Å². The van der Waals surface area contributed by atoms with E-state index >= 15 is 0 Å². The van der Waals surface area contributed by atoms with Gasteiger partial charge < -0.3 is 9.88 Å². The highest BCUT2D eigenvalue weighted by Crippen LogP contribution is 2.29. The van der Waals surface area contributed by atoms with Crippen LogP contribution < -0.4 is 5.32 Å². The van der Waals surface area contributed by atoms with E-state index < -0.39 is 0 Å². The highest BCUT2D eigenvalue weighted by Gasteiger charge is 2.25. The minimum atomic E-state index is -0.118. The van der Waals surface area contributed by atoms with Crippen LogP contribution in [0.25, 0.3) is 11.0 Å². The maximum Gasteiger partial charge on any atom is 0.225 e. The molecule has 1 heterocycles. The fourth-order valence-corrected chi connectivity index (χ4v) is 4.56.